The van der Waals surface area contributed by atoms with Crippen LogP contribution in [0.2, 0.25) is 0 Å². The summed E-state index contributed by atoms with van der Waals surface area (Å²) in [7, 11) is 0. The van der Waals surface area contributed by atoms with E-state index in [2.05, 4.69) is 62.4 Å². The number of hydrogen-bond donors (Lipinski definition) is 0. The smallest absolute Gasteiger partial charge is 0.0469 e. The molecule has 0 amide bonds. The van der Waals surface area contributed by atoms with Gasteiger partial charge in [0.1, 0.15) is 0 Å². The van der Waals surface area contributed by atoms with Crippen molar-refractivity contribution in [1.29, 1.82) is 0 Å². The fourth-order valence-corrected chi connectivity index (χ4v) is 2.74. The summed E-state index contributed by atoms with van der Waals surface area (Å²) in [5, 5.41) is 0. The van der Waals surface area contributed by atoms with E-state index in [1.54, 1.807) is 0 Å². The van der Waals surface area contributed by atoms with Gasteiger partial charge in [0.2, 0.25) is 0 Å². The maximum atomic E-state index is 5.77. The summed E-state index contributed by atoms with van der Waals surface area (Å²) >= 11 is 0. The quantitative estimate of drug-likeness (QED) is 0.534. The molecule has 0 fully saturated rings. The molecule has 0 spiro atoms. The van der Waals surface area contributed by atoms with Crippen LogP contribution in [0.15, 0.2) is 48.5 Å². The van der Waals surface area contributed by atoms with Crippen LogP contribution in [0, 0.1) is 0 Å². The molecule has 124 valence electrons. The van der Waals surface area contributed by atoms with Crippen molar-refractivity contribution >= 4 is 0 Å². The van der Waals surface area contributed by atoms with E-state index in [0.717, 1.165) is 51.7 Å². The molecule has 0 radical (unpaired) electrons. The van der Waals surface area contributed by atoms with Crippen molar-refractivity contribution in [2.24, 2.45) is 0 Å². The van der Waals surface area contributed by atoms with Crippen LogP contribution in [0.1, 0.15) is 48.9 Å². The van der Waals surface area contributed by atoms with Gasteiger partial charge in [-0.05, 0) is 60.8 Å². The van der Waals surface area contributed by atoms with Gasteiger partial charge in [-0.15, -0.1) is 0 Å². The van der Waals surface area contributed by atoms with Crippen LogP contribution in [-0.4, -0.2) is 13.2 Å². The zero-order valence-electron chi connectivity index (χ0n) is 14.7. The summed E-state index contributed by atoms with van der Waals surface area (Å²) in [6.07, 6.45) is 6.67. The van der Waals surface area contributed by atoms with Gasteiger partial charge in [-0.2, -0.15) is 0 Å². The van der Waals surface area contributed by atoms with Crippen molar-refractivity contribution in [3.05, 3.63) is 70.8 Å². The maximum absolute atomic E-state index is 5.77. The highest BCUT2D eigenvalue weighted by Gasteiger charge is 1.97. The van der Waals surface area contributed by atoms with Crippen molar-refractivity contribution in [1.82, 2.24) is 0 Å². The minimum absolute atomic E-state index is 0.865. The van der Waals surface area contributed by atoms with E-state index in [0.29, 0.717) is 0 Å². The lowest BCUT2D eigenvalue weighted by atomic mass is 10.1. The van der Waals surface area contributed by atoms with E-state index in [-0.39, 0.29) is 0 Å². The summed E-state index contributed by atoms with van der Waals surface area (Å²) < 4.78 is 5.77. The first-order valence-electron chi connectivity index (χ1n) is 9.05. The number of ether oxygens (including phenoxy) is 1. The van der Waals surface area contributed by atoms with Gasteiger partial charge >= 0.3 is 0 Å². The Kier molecular flexibility index (Phi) is 7.89. The molecule has 0 aliphatic rings. The lowest BCUT2D eigenvalue weighted by molar-refractivity contribution is 0.130. The summed E-state index contributed by atoms with van der Waals surface area (Å²) in [6.45, 7) is 6.12. The predicted octanol–water partition coefficient (Wildman–Crippen LogP) is 5.39. The second-order valence-electron chi connectivity index (χ2n) is 6.16. The monoisotopic (exact) mass is 310 g/mol. The van der Waals surface area contributed by atoms with Crippen LogP contribution in [-0.2, 0) is 30.4 Å². The van der Waals surface area contributed by atoms with E-state index in [1.165, 1.54) is 22.3 Å². The Morgan fingerprint density at radius 2 is 0.913 bits per heavy atom. The van der Waals surface area contributed by atoms with Gasteiger partial charge in [0, 0.05) is 13.2 Å². The highest BCUT2D eigenvalue weighted by atomic mass is 16.5. The van der Waals surface area contributed by atoms with Gasteiger partial charge in [0.25, 0.3) is 0 Å². The summed E-state index contributed by atoms with van der Waals surface area (Å²) in [4.78, 5) is 0. The van der Waals surface area contributed by atoms with Gasteiger partial charge in [0.15, 0.2) is 0 Å². The molecule has 0 saturated heterocycles. The Morgan fingerprint density at radius 3 is 1.26 bits per heavy atom. The summed E-state index contributed by atoms with van der Waals surface area (Å²) in [6, 6.07) is 17.9. The maximum Gasteiger partial charge on any atom is 0.0469 e. The van der Waals surface area contributed by atoms with Crippen molar-refractivity contribution in [2.45, 2.75) is 52.4 Å². The zero-order valence-corrected chi connectivity index (χ0v) is 14.7. The van der Waals surface area contributed by atoms with Gasteiger partial charge < -0.3 is 4.74 Å². The number of rotatable bonds is 10. The van der Waals surface area contributed by atoms with E-state index < -0.39 is 0 Å². The topological polar surface area (TPSA) is 9.23 Å². The Labute approximate surface area is 141 Å². The fraction of sp³-hybridized carbons (Fsp3) is 0.455. The van der Waals surface area contributed by atoms with Crippen LogP contribution < -0.4 is 0 Å². The molecule has 2 aromatic rings. The van der Waals surface area contributed by atoms with Crippen LogP contribution in [0.4, 0.5) is 0 Å². The van der Waals surface area contributed by atoms with Crippen LogP contribution >= 0.6 is 0 Å². The Hall–Kier alpha value is -1.60. The van der Waals surface area contributed by atoms with Gasteiger partial charge in [-0.25, -0.2) is 0 Å². The molecule has 0 saturated carbocycles. The first kappa shape index (κ1) is 17.7. The third kappa shape index (κ3) is 6.58. The molecule has 2 rings (SSSR count). The van der Waals surface area contributed by atoms with Gasteiger partial charge in [-0.1, -0.05) is 62.4 Å². The molecule has 0 aromatic heterocycles. The van der Waals surface area contributed by atoms with Crippen molar-refractivity contribution in [3.8, 4) is 0 Å². The van der Waals surface area contributed by atoms with E-state index in [9.17, 15) is 0 Å². The first-order valence-corrected chi connectivity index (χ1v) is 9.05. The van der Waals surface area contributed by atoms with Crippen molar-refractivity contribution in [3.63, 3.8) is 0 Å². The summed E-state index contributed by atoms with van der Waals surface area (Å²) in [5.41, 5.74) is 5.66. The molecule has 1 nitrogen and oxygen atoms in total. The SMILES string of the molecule is CCc1ccc(CCCOCCCc2ccc(CC)cc2)cc1. The Bertz CT molecular complexity index is 488. The molecular weight excluding hydrogens is 280 g/mol. The molecule has 0 bridgehead atoms. The highest BCUT2D eigenvalue weighted by molar-refractivity contribution is 5.23. The standard InChI is InChI=1S/C22H30O/c1-3-19-9-13-21(14-10-19)7-5-17-23-18-6-8-22-15-11-20(4-2)12-16-22/h9-16H,3-8,17-18H2,1-2H3. The second kappa shape index (κ2) is 10.2. The Morgan fingerprint density at radius 1 is 0.565 bits per heavy atom. The van der Waals surface area contributed by atoms with E-state index >= 15 is 0 Å². The van der Waals surface area contributed by atoms with Crippen LogP contribution in [0.5, 0.6) is 0 Å². The average Bonchev–Trinajstić information content (AvgIpc) is 2.62. The minimum atomic E-state index is 0.865. The lowest BCUT2D eigenvalue weighted by Gasteiger charge is -2.06. The minimum Gasteiger partial charge on any atom is -0.381 e. The van der Waals surface area contributed by atoms with Crippen molar-refractivity contribution < 1.29 is 4.74 Å². The molecule has 0 aliphatic carbocycles. The van der Waals surface area contributed by atoms with Gasteiger partial charge in [-0.3, -0.25) is 0 Å². The van der Waals surface area contributed by atoms with Crippen molar-refractivity contribution in [2.75, 3.05) is 13.2 Å². The summed E-state index contributed by atoms with van der Waals surface area (Å²) in [5.74, 6) is 0. The molecule has 2 aromatic carbocycles. The second-order valence-corrected chi connectivity index (χ2v) is 6.16. The third-order valence-electron chi connectivity index (χ3n) is 4.37. The molecule has 0 atom stereocenters. The Balaban J connectivity index is 1.53. The molecular formula is C22H30O. The molecule has 1 heteroatoms. The van der Waals surface area contributed by atoms with E-state index in [4.69, 9.17) is 4.74 Å². The molecule has 0 unspecified atom stereocenters. The van der Waals surface area contributed by atoms with Gasteiger partial charge in [0.05, 0.1) is 0 Å². The fourth-order valence-electron chi connectivity index (χ4n) is 2.74. The highest BCUT2D eigenvalue weighted by Crippen LogP contribution is 2.09. The van der Waals surface area contributed by atoms with Crippen LogP contribution in [0.3, 0.4) is 0 Å². The lowest BCUT2D eigenvalue weighted by Crippen LogP contribution is -2.00. The normalized spacial score (nSPS) is 10.9. The largest absolute Gasteiger partial charge is 0.381 e. The number of hydrogen-bond acceptors (Lipinski definition) is 1. The molecule has 0 N–H and O–H groups in total. The number of aryl methyl sites for hydroxylation is 4. The molecule has 23 heavy (non-hydrogen) atoms. The average molecular weight is 310 g/mol. The third-order valence-corrected chi connectivity index (χ3v) is 4.37. The number of benzene rings is 2. The zero-order chi connectivity index (χ0) is 16.3. The van der Waals surface area contributed by atoms with Crippen LogP contribution in [0.25, 0.3) is 0 Å². The van der Waals surface area contributed by atoms with E-state index in [1.807, 2.05) is 0 Å². The predicted molar refractivity (Wildman–Crippen MR) is 99.1 cm³/mol. The first-order chi connectivity index (χ1) is 11.3. The molecule has 0 heterocycles. The molecule has 0 aliphatic heterocycles.